The van der Waals surface area contributed by atoms with Gasteiger partial charge in [-0.05, 0) is 36.2 Å². The van der Waals surface area contributed by atoms with Crippen LogP contribution in [0.2, 0.25) is 0 Å². The highest BCUT2D eigenvalue weighted by Crippen LogP contribution is 2.18. The average molecular weight is 276 g/mol. The predicted molar refractivity (Wildman–Crippen MR) is 78.3 cm³/mol. The van der Waals surface area contributed by atoms with Crippen LogP contribution in [-0.2, 0) is 15.8 Å². The van der Waals surface area contributed by atoms with E-state index in [1.54, 1.807) is 30.3 Å². The van der Waals surface area contributed by atoms with Gasteiger partial charge in [0.25, 0.3) is 0 Å². The second-order valence-corrected chi connectivity index (χ2v) is 6.14. The van der Waals surface area contributed by atoms with Crippen molar-refractivity contribution in [1.82, 2.24) is 0 Å². The average Bonchev–Trinajstić information content (AvgIpc) is 2.34. The first-order valence-electron chi connectivity index (χ1n) is 5.87. The minimum Gasteiger partial charge on any atom is -0.399 e. The van der Waals surface area contributed by atoms with Crippen LogP contribution in [0.25, 0.3) is 0 Å². The summed E-state index contributed by atoms with van der Waals surface area (Å²) in [7, 11) is -3.41. The maximum Gasteiger partial charge on any atom is 0.236 e. The van der Waals surface area contributed by atoms with Gasteiger partial charge in [-0.25, -0.2) is 8.42 Å². The minimum atomic E-state index is -3.41. The zero-order valence-corrected chi connectivity index (χ0v) is 11.4. The van der Waals surface area contributed by atoms with Gasteiger partial charge in [0.1, 0.15) is 0 Å². The number of nitrogen functional groups attached to an aromatic ring is 1. The first kappa shape index (κ1) is 13.4. The van der Waals surface area contributed by atoms with Gasteiger partial charge < -0.3 is 5.73 Å². The van der Waals surface area contributed by atoms with E-state index in [-0.39, 0.29) is 5.75 Å². The highest BCUT2D eigenvalue weighted by atomic mass is 32.2. The molecule has 100 valence electrons. The van der Waals surface area contributed by atoms with Crippen molar-refractivity contribution in [2.75, 3.05) is 10.5 Å². The molecule has 0 aliphatic rings. The van der Waals surface area contributed by atoms with Gasteiger partial charge in [0.05, 0.1) is 5.75 Å². The first-order chi connectivity index (χ1) is 8.96. The van der Waals surface area contributed by atoms with Crippen molar-refractivity contribution in [3.8, 4) is 0 Å². The molecule has 0 bridgehead atoms. The molecule has 4 nitrogen and oxygen atoms in total. The molecule has 2 aromatic carbocycles. The molecule has 3 N–H and O–H groups in total. The number of hydrogen-bond donors (Lipinski definition) is 2. The molecule has 5 heteroatoms. The fourth-order valence-electron chi connectivity index (χ4n) is 1.75. The van der Waals surface area contributed by atoms with Gasteiger partial charge in [-0.15, -0.1) is 0 Å². The Hall–Kier alpha value is -2.01. The largest absolute Gasteiger partial charge is 0.399 e. The molecule has 0 unspecified atom stereocenters. The van der Waals surface area contributed by atoms with E-state index in [1.807, 2.05) is 25.1 Å². The van der Waals surface area contributed by atoms with Crippen molar-refractivity contribution >= 4 is 21.4 Å². The summed E-state index contributed by atoms with van der Waals surface area (Å²) in [6.07, 6.45) is 0. The predicted octanol–water partition coefficient (Wildman–Crippen LogP) is 2.52. The fourth-order valence-corrected chi connectivity index (χ4v) is 2.94. The molecule has 0 saturated carbocycles. The third-order valence-corrected chi connectivity index (χ3v) is 4.00. The third kappa shape index (κ3) is 3.72. The topological polar surface area (TPSA) is 72.2 Å². The molecule has 2 aromatic rings. The van der Waals surface area contributed by atoms with E-state index in [0.717, 1.165) is 11.1 Å². The molecule has 19 heavy (non-hydrogen) atoms. The number of benzene rings is 2. The summed E-state index contributed by atoms with van der Waals surface area (Å²) in [6.45, 7) is 1.84. The highest BCUT2D eigenvalue weighted by Gasteiger charge is 2.11. The summed E-state index contributed by atoms with van der Waals surface area (Å²) in [6, 6.07) is 14.1. The fraction of sp³-hybridized carbons (Fsp3) is 0.143. The van der Waals surface area contributed by atoms with E-state index in [1.165, 1.54) is 0 Å². The summed E-state index contributed by atoms with van der Waals surface area (Å²) in [5.41, 5.74) is 8.47. The second kappa shape index (κ2) is 5.32. The molecular formula is C14H16N2O2S. The van der Waals surface area contributed by atoms with Crippen LogP contribution < -0.4 is 10.5 Å². The number of nitrogens with two attached hydrogens (primary N) is 1. The zero-order valence-electron chi connectivity index (χ0n) is 10.6. The standard InChI is InChI=1S/C14H16N2O2S/c1-11-9-13(7-8-14(11)15)16-19(17,18)10-12-5-3-2-4-6-12/h2-9,16H,10,15H2,1H3. The Morgan fingerprint density at radius 3 is 2.42 bits per heavy atom. The minimum absolute atomic E-state index is 0.0444. The number of rotatable bonds is 4. The van der Waals surface area contributed by atoms with Crippen LogP contribution in [-0.4, -0.2) is 8.42 Å². The molecular weight excluding hydrogens is 260 g/mol. The lowest BCUT2D eigenvalue weighted by molar-refractivity contribution is 0.600. The lowest BCUT2D eigenvalue weighted by Gasteiger charge is -2.09. The summed E-state index contributed by atoms with van der Waals surface area (Å²) >= 11 is 0. The molecule has 0 radical (unpaired) electrons. The van der Waals surface area contributed by atoms with E-state index in [4.69, 9.17) is 5.73 Å². The molecule has 0 aliphatic heterocycles. The maximum atomic E-state index is 12.0. The monoisotopic (exact) mass is 276 g/mol. The van der Waals surface area contributed by atoms with E-state index in [2.05, 4.69) is 4.72 Å². The van der Waals surface area contributed by atoms with Crippen molar-refractivity contribution < 1.29 is 8.42 Å². The van der Waals surface area contributed by atoms with Gasteiger partial charge >= 0.3 is 0 Å². The Balaban J connectivity index is 2.15. The van der Waals surface area contributed by atoms with Crippen LogP contribution in [0.5, 0.6) is 0 Å². The Labute approximate surface area is 113 Å². The summed E-state index contributed by atoms with van der Waals surface area (Å²) in [4.78, 5) is 0. The number of nitrogens with one attached hydrogen (secondary N) is 1. The number of hydrogen-bond acceptors (Lipinski definition) is 3. The summed E-state index contributed by atoms with van der Waals surface area (Å²) in [5.74, 6) is -0.0444. The van der Waals surface area contributed by atoms with Crippen LogP contribution in [0.15, 0.2) is 48.5 Å². The van der Waals surface area contributed by atoms with E-state index in [0.29, 0.717) is 11.4 Å². The van der Waals surface area contributed by atoms with E-state index >= 15 is 0 Å². The number of anilines is 2. The molecule has 0 spiro atoms. The molecule has 2 rings (SSSR count). The van der Waals surface area contributed by atoms with Gasteiger partial charge in [0.15, 0.2) is 0 Å². The van der Waals surface area contributed by atoms with Gasteiger partial charge in [-0.2, -0.15) is 0 Å². The molecule has 0 heterocycles. The van der Waals surface area contributed by atoms with Crippen LogP contribution in [0.3, 0.4) is 0 Å². The molecule has 0 aliphatic carbocycles. The van der Waals surface area contributed by atoms with Crippen LogP contribution in [0.1, 0.15) is 11.1 Å². The van der Waals surface area contributed by atoms with Gasteiger partial charge in [0.2, 0.25) is 10.0 Å². The van der Waals surface area contributed by atoms with Gasteiger partial charge in [0, 0.05) is 11.4 Å². The van der Waals surface area contributed by atoms with E-state index < -0.39 is 10.0 Å². The van der Waals surface area contributed by atoms with Crippen LogP contribution in [0.4, 0.5) is 11.4 Å². The normalized spacial score (nSPS) is 11.2. The maximum absolute atomic E-state index is 12.0. The summed E-state index contributed by atoms with van der Waals surface area (Å²) in [5, 5.41) is 0. The number of sulfonamides is 1. The van der Waals surface area contributed by atoms with Gasteiger partial charge in [-0.3, -0.25) is 4.72 Å². The first-order valence-corrected chi connectivity index (χ1v) is 7.52. The Kier molecular flexibility index (Phi) is 3.76. The lowest BCUT2D eigenvalue weighted by atomic mass is 10.2. The number of aryl methyl sites for hydroxylation is 1. The SMILES string of the molecule is Cc1cc(NS(=O)(=O)Cc2ccccc2)ccc1N. The van der Waals surface area contributed by atoms with Crippen LogP contribution >= 0.6 is 0 Å². The zero-order chi connectivity index (χ0) is 13.9. The molecule has 0 fully saturated rings. The van der Waals surface area contributed by atoms with Crippen molar-refractivity contribution in [2.24, 2.45) is 0 Å². The second-order valence-electron chi connectivity index (χ2n) is 4.42. The van der Waals surface area contributed by atoms with Crippen LogP contribution in [0, 0.1) is 6.92 Å². The summed E-state index contributed by atoms with van der Waals surface area (Å²) < 4.78 is 26.6. The third-order valence-electron chi connectivity index (χ3n) is 2.74. The molecule has 0 atom stereocenters. The molecule has 0 amide bonds. The molecule has 0 saturated heterocycles. The van der Waals surface area contributed by atoms with Crippen molar-refractivity contribution in [3.05, 3.63) is 59.7 Å². The van der Waals surface area contributed by atoms with Crippen molar-refractivity contribution in [1.29, 1.82) is 0 Å². The van der Waals surface area contributed by atoms with Gasteiger partial charge in [-0.1, -0.05) is 30.3 Å². The quantitative estimate of drug-likeness (QED) is 0.843. The highest BCUT2D eigenvalue weighted by molar-refractivity contribution is 7.91. The Morgan fingerprint density at radius 1 is 1.11 bits per heavy atom. The van der Waals surface area contributed by atoms with Crippen molar-refractivity contribution in [3.63, 3.8) is 0 Å². The Bertz CT molecular complexity index is 667. The molecule has 0 aromatic heterocycles. The van der Waals surface area contributed by atoms with Crippen molar-refractivity contribution in [2.45, 2.75) is 12.7 Å². The smallest absolute Gasteiger partial charge is 0.236 e. The Morgan fingerprint density at radius 2 is 1.79 bits per heavy atom. The van der Waals surface area contributed by atoms with E-state index in [9.17, 15) is 8.42 Å². The lowest BCUT2D eigenvalue weighted by Crippen LogP contribution is -2.15.